The van der Waals surface area contributed by atoms with Crippen molar-refractivity contribution in [3.63, 3.8) is 0 Å². The second kappa shape index (κ2) is 13.7. The number of nitrogens with zero attached hydrogens (tertiary/aromatic N) is 6. The first-order valence-corrected chi connectivity index (χ1v) is 16.5. The lowest BCUT2D eigenvalue weighted by Gasteiger charge is -2.40. The van der Waals surface area contributed by atoms with Crippen LogP contribution in [-0.4, -0.2) is 116 Å². The number of quaternary nitrogens is 1. The molecule has 2 aliphatic heterocycles. The number of amides is 3. The highest BCUT2D eigenvalue weighted by Crippen LogP contribution is 2.33. The standard InChI is InChI=1S/C34H37ClF2N8O4/c1-20-25(18-39-41-20)22-8-9-24(30(37)29(22)36)27-19-38-31(42(27)2)32(47)40-21-6-7-23(26(35)17-21)33(48)43-10-12-44(13-11-43)34(49)28-5-4-14-45(28,3)15-16-46/h6-9,17-19,28,46H,4-5,10-16H2,1-3H3,(H-,39,40,41,47,48)/p+1. The molecule has 2 unspecified atom stereocenters. The lowest BCUT2D eigenvalue weighted by molar-refractivity contribution is -0.913. The van der Waals surface area contributed by atoms with E-state index < -0.39 is 17.5 Å². The number of aromatic nitrogens is 4. The first-order chi connectivity index (χ1) is 23.4. The first kappa shape index (κ1) is 34.2. The van der Waals surface area contributed by atoms with Crippen LogP contribution in [0.5, 0.6) is 0 Å². The average molecular weight is 696 g/mol. The Morgan fingerprint density at radius 2 is 1.76 bits per heavy atom. The van der Waals surface area contributed by atoms with Crippen LogP contribution < -0.4 is 5.32 Å². The number of aliphatic hydroxyl groups excluding tert-OH is 1. The molecule has 0 saturated carbocycles. The van der Waals surface area contributed by atoms with Gasteiger partial charge in [-0.05, 0) is 31.2 Å². The predicted molar refractivity (Wildman–Crippen MR) is 179 cm³/mol. The van der Waals surface area contributed by atoms with E-state index in [1.165, 1.54) is 48.3 Å². The highest BCUT2D eigenvalue weighted by atomic mass is 35.5. The van der Waals surface area contributed by atoms with Gasteiger partial charge < -0.3 is 29.3 Å². The molecule has 0 bridgehead atoms. The number of benzene rings is 2. The minimum Gasteiger partial charge on any atom is -0.391 e. The number of halogens is 3. The summed E-state index contributed by atoms with van der Waals surface area (Å²) < 4.78 is 32.2. The SMILES string of the molecule is Cc1n[nH]cc1-c1ccc(-c2cnc(C(=O)Nc3ccc(C(=O)N4CCN(C(=O)C5CCC[N+]5(C)CCO)CC4)c(Cl)c3)n2C)c(F)c1F. The molecule has 0 aliphatic carbocycles. The van der Waals surface area contributed by atoms with Crippen LogP contribution in [0.3, 0.4) is 0 Å². The summed E-state index contributed by atoms with van der Waals surface area (Å²) in [5, 5.41) is 18.9. The number of likely N-dealkylation sites (N-methyl/N-ethyl adjacent to an activating group) is 1. The number of hydrogen-bond donors (Lipinski definition) is 3. The Kier molecular flexibility index (Phi) is 9.56. The molecule has 0 radical (unpaired) electrons. The monoisotopic (exact) mass is 695 g/mol. The van der Waals surface area contributed by atoms with Gasteiger partial charge in [-0.2, -0.15) is 5.10 Å². The van der Waals surface area contributed by atoms with Gasteiger partial charge in [-0.3, -0.25) is 19.5 Å². The summed E-state index contributed by atoms with van der Waals surface area (Å²) in [7, 11) is 3.53. The molecule has 3 amide bonds. The van der Waals surface area contributed by atoms with Crippen LogP contribution >= 0.6 is 11.6 Å². The topological polar surface area (TPSA) is 136 Å². The number of hydrogen-bond acceptors (Lipinski definition) is 6. The number of carbonyl (C=O) groups excluding carboxylic acids is 3. The van der Waals surface area contributed by atoms with Crippen LogP contribution in [0.1, 0.15) is 39.5 Å². The normalized spacial score (nSPS) is 19.4. The van der Waals surface area contributed by atoms with Gasteiger partial charge >= 0.3 is 0 Å². The number of anilines is 1. The number of rotatable bonds is 8. The minimum atomic E-state index is -1.08. The van der Waals surface area contributed by atoms with Crippen molar-refractivity contribution in [2.45, 2.75) is 25.8 Å². The zero-order valence-corrected chi connectivity index (χ0v) is 28.2. The molecule has 12 nitrogen and oxygen atoms in total. The van der Waals surface area contributed by atoms with Crippen molar-refractivity contribution < 1.29 is 32.8 Å². The first-order valence-electron chi connectivity index (χ1n) is 16.1. The second-order valence-electron chi connectivity index (χ2n) is 12.8. The van der Waals surface area contributed by atoms with Gasteiger partial charge in [0.25, 0.3) is 17.7 Å². The minimum absolute atomic E-state index is 0.0301. The van der Waals surface area contributed by atoms with Crippen LogP contribution in [-0.2, 0) is 11.8 Å². The van der Waals surface area contributed by atoms with Gasteiger partial charge in [-0.15, -0.1) is 0 Å². The molecule has 2 aromatic carbocycles. The summed E-state index contributed by atoms with van der Waals surface area (Å²) in [5.74, 6) is -3.02. The fourth-order valence-electron chi connectivity index (χ4n) is 6.92. The number of carbonyl (C=O) groups is 3. The molecule has 2 aliphatic rings. The largest absolute Gasteiger partial charge is 0.391 e. The number of imidazole rings is 1. The van der Waals surface area contributed by atoms with Crippen LogP contribution in [0.25, 0.3) is 22.4 Å². The molecular formula is C34H38ClF2N8O4+. The molecule has 0 spiro atoms. The van der Waals surface area contributed by atoms with E-state index in [2.05, 4.69) is 20.5 Å². The third-order valence-electron chi connectivity index (χ3n) is 9.80. The molecule has 2 atom stereocenters. The number of likely N-dealkylation sites (tertiary alicyclic amines) is 1. The summed E-state index contributed by atoms with van der Waals surface area (Å²) in [6.07, 6.45) is 4.50. The molecule has 6 rings (SSSR count). The van der Waals surface area contributed by atoms with Gasteiger partial charge in [0.15, 0.2) is 23.5 Å². The summed E-state index contributed by atoms with van der Waals surface area (Å²) in [6.45, 7) is 4.63. The summed E-state index contributed by atoms with van der Waals surface area (Å²) in [4.78, 5) is 47.5. The van der Waals surface area contributed by atoms with Crippen molar-refractivity contribution >= 4 is 35.0 Å². The van der Waals surface area contributed by atoms with E-state index in [0.29, 0.717) is 54.2 Å². The van der Waals surface area contributed by atoms with E-state index in [0.717, 1.165) is 19.4 Å². The molecule has 4 heterocycles. The summed E-state index contributed by atoms with van der Waals surface area (Å²) >= 11 is 6.52. The third-order valence-corrected chi connectivity index (χ3v) is 10.1. The van der Waals surface area contributed by atoms with Gasteiger partial charge in [0.2, 0.25) is 0 Å². The Hall–Kier alpha value is -4.66. The zero-order chi connectivity index (χ0) is 35.0. The molecule has 2 saturated heterocycles. The maximum Gasteiger partial charge on any atom is 0.291 e. The highest BCUT2D eigenvalue weighted by Gasteiger charge is 2.45. The number of H-pyrrole nitrogens is 1. The highest BCUT2D eigenvalue weighted by molar-refractivity contribution is 6.34. The number of piperazine rings is 1. The van der Waals surface area contributed by atoms with Crippen LogP contribution in [0.4, 0.5) is 14.5 Å². The van der Waals surface area contributed by atoms with E-state index in [4.69, 9.17) is 11.6 Å². The van der Waals surface area contributed by atoms with E-state index in [1.54, 1.807) is 22.8 Å². The molecule has 49 heavy (non-hydrogen) atoms. The lowest BCUT2D eigenvalue weighted by atomic mass is 10.0. The van der Waals surface area contributed by atoms with E-state index >= 15 is 8.78 Å². The Bertz CT molecular complexity index is 1920. The maximum absolute atomic E-state index is 15.2. The number of aromatic amines is 1. The molecule has 3 N–H and O–H groups in total. The Morgan fingerprint density at radius 1 is 1.06 bits per heavy atom. The van der Waals surface area contributed by atoms with Gasteiger partial charge in [-0.1, -0.05) is 17.7 Å². The Balaban J connectivity index is 1.09. The molecule has 2 aromatic heterocycles. The van der Waals surface area contributed by atoms with E-state index in [9.17, 15) is 19.5 Å². The maximum atomic E-state index is 15.2. The van der Waals surface area contributed by atoms with E-state index in [1.807, 2.05) is 7.05 Å². The molecular weight excluding hydrogens is 658 g/mol. The van der Waals surface area contributed by atoms with E-state index in [-0.39, 0.29) is 57.7 Å². The van der Waals surface area contributed by atoms with Crippen LogP contribution in [0.15, 0.2) is 42.7 Å². The zero-order valence-electron chi connectivity index (χ0n) is 27.5. The fourth-order valence-corrected chi connectivity index (χ4v) is 7.18. The quantitative estimate of drug-likeness (QED) is 0.240. The summed E-state index contributed by atoms with van der Waals surface area (Å²) in [5.41, 5.74) is 1.72. The van der Waals surface area contributed by atoms with Crippen molar-refractivity contribution in [2.75, 3.05) is 58.2 Å². The lowest BCUT2D eigenvalue weighted by Crippen LogP contribution is -2.60. The van der Waals surface area contributed by atoms with Crippen molar-refractivity contribution in [3.05, 3.63) is 76.5 Å². The average Bonchev–Trinajstić information content (AvgIpc) is 3.80. The van der Waals surface area contributed by atoms with Gasteiger partial charge in [0.1, 0.15) is 6.54 Å². The third kappa shape index (κ3) is 6.43. The number of aryl methyl sites for hydroxylation is 1. The molecule has 15 heteroatoms. The fraction of sp³-hybridized carbons (Fsp3) is 0.382. The Morgan fingerprint density at radius 3 is 2.43 bits per heavy atom. The summed E-state index contributed by atoms with van der Waals surface area (Å²) in [6, 6.07) is 7.23. The molecule has 258 valence electrons. The van der Waals surface area contributed by atoms with Crippen molar-refractivity contribution in [1.82, 2.24) is 29.5 Å². The molecule has 4 aromatic rings. The van der Waals surface area contributed by atoms with Crippen LogP contribution in [0.2, 0.25) is 5.02 Å². The predicted octanol–water partition coefficient (Wildman–Crippen LogP) is 3.86. The van der Waals surface area contributed by atoms with Crippen LogP contribution in [0, 0.1) is 18.6 Å². The molecule has 2 fully saturated rings. The van der Waals surface area contributed by atoms with Gasteiger partial charge in [0, 0.05) is 74.6 Å². The number of nitrogens with one attached hydrogen (secondary N) is 2. The van der Waals surface area contributed by atoms with Crippen molar-refractivity contribution in [3.8, 4) is 22.4 Å². The van der Waals surface area contributed by atoms with Gasteiger partial charge in [-0.25, -0.2) is 13.8 Å². The smallest absolute Gasteiger partial charge is 0.291 e. The second-order valence-corrected chi connectivity index (χ2v) is 13.2. The number of aliphatic hydroxyl groups is 1. The van der Waals surface area contributed by atoms with Crippen molar-refractivity contribution in [1.29, 1.82) is 0 Å². The van der Waals surface area contributed by atoms with Gasteiger partial charge in [0.05, 0.1) is 48.4 Å². The van der Waals surface area contributed by atoms with Crippen molar-refractivity contribution in [2.24, 2.45) is 7.05 Å². The Labute approximate surface area is 286 Å².